The number of hydrogen-bond donors (Lipinski definition) is 1. The Kier molecular flexibility index (Phi) is 6.42. The lowest BCUT2D eigenvalue weighted by molar-refractivity contribution is -0.141. The molecule has 2 heterocycles. The molecular formula is C20H26F3N5O2. The number of ether oxygens (including phenoxy) is 2. The third kappa shape index (κ3) is 5.17. The molecule has 0 aliphatic carbocycles. The molecule has 0 atom stereocenters. The molecule has 10 heteroatoms. The maximum atomic E-state index is 13.2. The number of piperidine rings is 1. The van der Waals surface area contributed by atoms with Gasteiger partial charge in [-0.05, 0) is 12.8 Å². The molecule has 7 nitrogen and oxygen atoms in total. The van der Waals surface area contributed by atoms with Gasteiger partial charge in [-0.25, -0.2) is 4.98 Å². The minimum atomic E-state index is -4.52. The van der Waals surface area contributed by atoms with Gasteiger partial charge in [0.1, 0.15) is 17.3 Å². The van der Waals surface area contributed by atoms with Crippen molar-refractivity contribution in [1.82, 2.24) is 9.97 Å². The summed E-state index contributed by atoms with van der Waals surface area (Å²) in [5, 5.41) is 3.45. The molecule has 1 aliphatic heterocycles. The Morgan fingerprint density at radius 3 is 2.10 bits per heavy atom. The number of rotatable bonds is 6. The maximum Gasteiger partial charge on any atom is 0.433 e. The second kappa shape index (κ2) is 8.85. The van der Waals surface area contributed by atoms with Gasteiger partial charge in [-0.3, -0.25) is 0 Å². The van der Waals surface area contributed by atoms with Crippen molar-refractivity contribution in [3.63, 3.8) is 0 Å². The molecule has 164 valence electrons. The van der Waals surface area contributed by atoms with Crippen molar-refractivity contribution in [2.75, 3.05) is 56.5 Å². The molecule has 0 bridgehead atoms. The minimum Gasteiger partial charge on any atom is -0.497 e. The van der Waals surface area contributed by atoms with Gasteiger partial charge in [0.05, 0.1) is 14.2 Å². The molecule has 0 spiro atoms. The van der Waals surface area contributed by atoms with Crippen LogP contribution in [-0.4, -0.2) is 57.4 Å². The summed E-state index contributed by atoms with van der Waals surface area (Å²) in [6.45, 7) is 1.10. The number of halogens is 3. The van der Waals surface area contributed by atoms with Crippen molar-refractivity contribution in [1.29, 1.82) is 0 Å². The third-order valence-corrected chi connectivity index (χ3v) is 4.95. The fourth-order valence-electron chi connectivity index (χ4n) is 3.29. The average Bonchev–Trinajstić information content (AvgIpc) is 2.73. The first kappa shape index (κ1) is 21.8. The summed E-state index contributed by atoms with van der Waals surface area (Å²) in [4.78, 5) is 11.4. The van der Waals surface area contributed by atoms with Crippen LogP contribution in [0, 0.1) is 0 Å². The Morgan fingerprint density at radius 2 is 1.60 bits per heavy atom. The molecule has 30 heavy (non-hydrogen) atoms. The van der Waals surface area contributed by atoms with E-state index in [-0.39, 0.29) is 17.8 Å². The lowest BCUT2D eigenvalue weighted by Crippen LogP contribution is -2.40. The molecule has 0 saturated carbocycles. The zero-order valence-electron chi connectivity index (χ0n) is 17.5. The quantitative estimate of drug-likeness (QED) is 0.758. The first-order chi connectivity index (χ1) is 14.2. The highest BCUT2D eigenvalue weighted by atomic mass is 19.4. The topological polar surface area (TPSA) is 62.8 Å². The zero-order chi connectivity index (χ0) is 21.9. The summed E-state index contributed by atoms with van der Waals surface area (Å²) in [5.41, 5.74) is -0.0604. The maximum absolute atomic E-state index is 13.2. The van der Waals surface area contributed by atoms with E-state index in [2.05, 4.69) is 15.3 Å². The van der Waals surface area contributed by atoms with Gasteiger partial charge in [-0.2, -0.15) is 18.2 Å². The Morgan fingerprint density at radius 1 is 1.00 bits per heavy atom. The van der Waals surface area contributed by atoms with Gasteiger partial charge >= 0.3 is 6.18 Å². The van der Waals surface area contributed by atoms with Crippen molar-refractivity contribution in [3.05, 3.63) is 30.0 Å². The molecule has 0 radical (unpaired) electrons. The molecule has 0 amide bonds. The predicted octanol–water partition coefficient (Wildman–Crippen LogP) is 3.66. The van der Waals surface area contributed by atoms with Gasteiger partial charge in [0.15, 0.2) is 5.69 Å². The number of nitrogens with zero attached hydrogens (tertiary/aromatic N) is 4. The van der Waals surface area contributed by atoms with Crippen LogP contribution in [0.5, 0.6) is 11.5 Å². The van der Waals surface area contributed by atoms with E-state index in [9.17, 15) is 13.2 Å². The summed E-state index contributed by atoms with van der Waals surface area (Å²) < 4.78 is 50.3. The normalized spacial score (nSPS) is 15.1. The van der Waals surface area contributed by atoms with Gasteiger partial charge < -0.3 is 24.6 Å². The first-order valence-corrected chi connectivity index (χ1v) is 9.57. The minimum absolute atomic E-state index is 0.107. The van der Waals surface area contributed by atoms with Gasteiger partial charge in [0.25, 0.3) is 0 Å². The fraction of sp³-hybridized carbons (Fsp3) is 0.500. The van der Waals surface area contributed by atoms with E-state index >= 15 is 0 Å². The van der Waals surface area contributed by atoms with Crippen LogP contribution in [0.1, 0.15) is 18.5 Å². The van der Waals surface area contributed by atoms with Crippen LogP contribution in [0.15, 0.2) is 24.3 Å². The second-order valence-corrected chi connectivity index (χ2v) is 7.31. The van der Waals surface area contributed by atoms with E-state index in [4.69, 9.17) is 9.47 Å². The number of benzene rings is 1. The van der Waals surface area contributed by atoms with Crippen LogP contribution < -0.4 is 24.6 Å². The van der Waals surface area contributed by atoms with Gasteiger partial charge in [-0.15, -0.1) is 0 Å². The molecule has 1 aromatic carbocycles. The number of hydrogen-bond acceptors (Lipinski definition) is 7. The summed E-state index contributed by atoms with van der Waals surface area (Å²) in [7, 11) is 6.50. The van der Waals surface area contributed by atoms with Gasteiger partial charge in [0, 0.05) is 63.2 Å². The van der Waals surface area contributed by atoms with E-state index in [0.717, 1.165) is 24.6 Å². The monoisotopic (exact) mass is 425 g/mol. The van der Waals surface area contributed by atoms with Crippen LogP contribution in [0.25, 0.3) is 0 Å². The lowest BCUT2D eigenvalue weighted by atomic mass is 10.0. The van der Waals surface area contributed by atoms with E-state index in [1.807, 2.05) is 12.1 Å². The largest absolute Gasteiger partial charge is 0.497 e. The second-order valence-electron chi connectivity index (χ2n) is 7.31. The SMILES string of the molecule is COc1cc(NC2CCN(c3nc(N(C)C)cc(C(F)(F)F)n3)CC2)cc(OC)c1. The average molecular weight is 425 g/mol. The van der Waals surface area contributed by atoms with Crippen molar-refractivity contribution in [2.24, 2.45) is 0 Å². The molecular weight excluding hydrogens is 399 g/mol. The smallest absolute Gasteiger partial charge is 0.433 e. The van der Waals surface area contributed by atoms with Crippen molar-refractivity contribution in [2.45, 2.75) is 25.1 Å². The summed E-state index contributed by atoms with van der Waals surface area (Å²) in [6.07, 6.45) is -3.05. The molecule has 1 N–H and O–H groups in total. The van der Waals surface area contributed by atoms with Crippen LogP contribution in [0.3, 0.4) is 0 Å². The molecule has 3 rings (SSSR count). The lowest BCUT2D eigenvalue weighted by Gasteiger charge is -2.33. The molecule has 2 aromatic rings. The number of aromatic nitrogens is 2. The van der Waals surface area contributed by atoms with Crippen LogP contribution in [-0.2, 0) is 6.18 Å². The number of nitrogens with one attached hydrogen (secondary N) is 1. The highest BCUT2D eigenvalue weighted by molar-refractivity contribution is 5.54. The zero-order valence-corrected chi connectivity index (χ0v) is 17.5. The Hall–Kier alpha value is -2.91. The van der Waals surface area contributed by atoms with Gasteiger partial charge in [0.2, 0.25) is 5.95 Å². The Bertz CT molecular complexity index is 846. The van der Waals surface area contributed by atoms with Crippen LogP contribution in [0.2, 0.25) is 0 Å². The molecule has 1 aromatic heterocycles. The number of alkyl halides is 3. The molecule has 1 saturated heterocycles. The summed E-state index contributed by atoms with van der Waals surface area (Å²) in [6, 6.07) is 6.69. The van der Waals surface area contributed by atoms with Crippen LogP contribution in [0.4, 0.5) is 30.6 Å². The van der Waals surface area contributed by atoms with E-state index < -0.39 is 11.9 Å². The number of methoxy groups -OCH3 is 2. The Balaban J connectivity index is 1.71. The Labute approximate surface area is 173 Å². The third-order valence-electron chi connectivity index (χ3n) is 4.95. The standard InChI is InChI=1S/C20H26F3N5O2/c1-27(2)18-12-17(20(21,22)23)25-19(26-18)28-7-5-13(6-8-28)24-14-9-15(29-3)11-16(10-14)30-4/h9-13,24H,5-8H2,1-4H3. The molecule has 0 unspecified atom stereocenters. The highest BCUT2D eigenvalue weighted by Crippen LogP contribution is 2.32. The molecule has 1 fully saturated rings. The van der Waals surface area contributed by atoms with E-state index in [1.165, 1.54) is 0 Å². The van der Waals surface area contributed by atoms with Crippen LogP contribution >= 0.6 is 0 Å². The number of anilines is 3. The van der Waals surface area contributed by atoms with E-state index in [1.54, 1.807) is 44.2 Å². The van der Waals surface area contributed by atoms with Crippen molar-refractivity contribution < 1.29 is 22.6 Å². The highest BCUT2D eigenvalue weighted by Gasteiger charge is 2.35. The van der Waals surface area contributed by atoms with E-state index in [0.29, 0.717) is 24.6 Å². The van der Waals surface area contributed by atoms with Gasteiger partial charge in [-0.1, -0.05) is 0 Å². The summed E-state index contributed by atoms with van der Waals surface area (Å²) in [5.74, 6) is 1.71. The van der Waals surface area contributed by atoms with Crippen molar-refractivity contribution in [3.8, 4) is 11.5 Å². The predicted molar refractivity (Wildman–Crippen MR) is 110 cm³/mol. The fourth-order valence-corrected chi connectivity index (χ4v) is 3.29. The summed E-state index contributed by atoms with van der Waals surface area (Å²) >= 11 is 0. The first-order valence-electron chi connectivity index (χ1n) is 9.57. The van der Waals surface area contributed by atoms with Crippen molar-refractivity contribution >= 4 is 17.5 Å². The molecule has 1 aliphatic rings.